The van der Waals surface area contributed by atoms with Gasteiger partial charge in [-0.15, -0.1) is 16.9 Å². The van der Waals surface area contributed by atoms with Gasteiger partial charge >= 0.3 is 6.01 Å². The normalized spacial score (nSPS) is 10.8. The molecule has 0 saturated carbocycles. The Morgan fingerprint density at radius 2 is 1.96 bits per heavy atom. The number of nitrogens with one attached hydrogen (secondary N) is 1. The third kappa shape index (κ3) is 4.43. The zero-order valence-corrected chi connectivity index (χ0v) is 15.5. The lowest BCUT2D eigenvalue weighted by molar-refractivity contribution is 0.102. The molecule has 0 atom stereocenters. The number of anilines is 1. The van der Waals surface area contributed by atoms with E-state index in [0.717, 1.165) is 4.90 Å². The molecule has 0 aliphatic carbocycles. The molecule has 3 aromatic rings. The van der Waals surface area contributed by atoms with Crippen LogP contribution in [-0.2, 0) is 0 Å². The lowest BCUT2D eigenvalue weighted by atomic mass is 10.2. The molecule has 0 radical (unpaired) electrons. The van der Waals surface area contributed by atoms with E-state index in [4.69, 9.17) is 9.15 Å². The fourth-order valence-electron chi connectivity index (χ4n) is 2.30. The van der Waals surface area contributed by atoms with Gasteiger partial charge in [0.05, 0.1) is 7.11 Å². The molecule has 0 bridgehead atoms. The fraction of sp³-hybridized carbons (Fsp3) is 0.211. The predicted molar refractivity (Wildman–Crippen MR) is 102 cm³/mol. The second kappa shape index (κ2) is 8.05. The second-order valence-corrected chi connectivity index (χ2v) is 7.44. The Morgan fingerprint density at radius 3 is 2.73 bits per heavy atom. The Bertz CT molecular complexity index is 908. The van der Waals surface area contributed by atoms with Crippen molar-refractivity contribution in [2.45, 2.75) is 24.0 Å². The Hall–Kier alpha value is -2.80. The summed E-state index contributed by atoms with van der Waals surface area (Å²) in [5.74, 6) is 0.700. The molecule has 26 heavy (non-hydrogen) atoms. The molecule has 2 aromatic carbocycles. The van der Waals surface area contributed by atoms with Gasteiger partial charge in [0.15, 0.2) is 0 Å². The van der Waals surface area contributed by atoms with Gasteiger partial charge in [-0.1, -0.05) is 31.1 Å². The van der Waals surface area contributed by atoms with Crippen molar-refractivity contribution in [3.05, 3.63) is 54.1 Å². The molecule has 0 aliphatic rings. The number of thioether (sulfide) groups is 1. The van der Waals surface area contributed by atoms with Crippen molar-refractivity contribution < 1.29 is 13.9 Å². The first-order chi connectivity index (χ1) is 12.5. The minimum Gasteiger partial charge on any atom is -0.497 e. The molecule has 134 valence electrons. The molecule has 0 fully saturated rings. The van der Waals surface area contributed by atoms with E-state index in [1.165, 1.54) is 0 Å². The third-order valence-electron chi connectivity index (χ3n) is 3.43. The molecule has 1 aromatic heterocycles. The van der Waals surface area contributed by atoms with Crippen molar-refractivity contribution >= 4 is 23.7 Å². The van der Waals surface area contributed by atoms with Crippen LogP contribution in [0.1, 0.15) is 24.2 Å². The van der Waals surface area contributed by atoms with Gasteiger partial charge in [-0.05, 0) is 36.4 Å². The molecule has 0 saturated heterocycles. The second-order valence-electron chi connectivity index (χ2n) is 5.79. The SMILES string of the molecule is COc1cccc(-c2nnc(NC(=O)c3cccc(SC(C)C)c3)o2)c1. The highest BCUT2D eigenvalue weighted by atomic mass is 32.2. The predicted octanol–water partition coefficient (Wildman–Crippen LogP) is 4.50. The van der Waals surface area contributed by atoms with Crippen LogP contribution in [0.25, 0.3) is 11.5 Å². The summed E-state index contributed by atoms with van der Waals surface area (Å²) >= 11 is 1.70. The molecule has 1 N–H and O–H groups in total. The molecule has 3 rings (SSSR count). The molecule has 1 amide bonds. The molecule has 6 nitrogen and oxygen atoms in total. The number of hydrogen-bond acceptors (Lipinski definition) is 6. The highest BCUT2D eigenvalue weighted by Gasteiger charge is 2.14. The number of methoxy groups -OCH3 is 1. The molecule has 0 spiro atoms. The van der Waals surface area contributed by atoms with E-state index < -0.39 is 0 Å². The highest BCUT2D eigenvalue weighted by molar-refractivity contribution is 7.99. The quantitative estimate of drug-likeness (QED) is 0.645. The fourth-order valence-corrected chi connectivity index (χ4v) is 3.20. The first-order valence-electron chi connectivity index (χ1n) is 8.11. The van der Waals surface area contributed by atoms with E-state index in [1.54, 1.807) is 31.0 Å². The first-order valence-corrected chi connectivity index (χ1v) is 8.99. The zero-order chi connectivity index (χ0) is 18.5. The van der Waals surface area contributed by atoms with Crippen molar-refractivity contribution in [1.82, 2.24) is 10.2 Å². The van der Waals surface area contributed by atoms with Gasteiger partial charge in [-0.2, -0.15) is 0 Å². The summed E-state index contributed by atoms with van der Waals surface area (Å²) in [6, 6.07) is 14.7. The average Bonchev–Trinajstić information content (AvgIpc) is 3.10. The Morgan fingerprint density at radius 1 is 1.15 bits per heavy atom. The van der Waals surface area contributed by atoms with E-state index in [2.05, 4.69) is 29.4 Å². The van der Waals surface area contributed by atoms with Crippen molar-refractivity contribution in [2.75, 3.05) is 12.4 Å². The van der Waals surface area contributed by atoms with E-state index in [-0.39, 0.29) is 11.9 Å². The third-order valence-corrected chi connectivity index (χ3v) is 4.43. The zero-order valence-electron chi connectivity index (χ0n) is 14.7. The maximum absolute atomic E-state index is 12.4. The lowest BCUT2D eigenvalue weighted by Gasteiger charge is -2.06. The standard InChI is InChI=1S/C19H19N3O3S/c1-12(2)26-16-9-5-6-13(11-16)17(23)20-19-22-21-18(25-19)14-7-4-8-15(10-14)24-3/h4-12H,1-3H3,(H,20,22,23). The summed E-state index contributed by atoms with van der Waals surface area (Å²) in [7, 11) is 1.59. The molecule has 0 aliphatic heterocycles. The van der Waals surface area contributed by atoms with Gasteiger partial charge in [0.2, 0.25) is 5.89 Å². The number of ether oxygens (including phenoxy) is 1. The van der Waals surface area contributed by atoms with Crippen molar-refractivity contribution in [1.29, 1.82) is 0 Å². The van der Waals surface area contributed by atoms with Gasteiger partial charge in [-0.25, -0.2) is 0 Å². The van der Waals surface area contributed by atoms with E-state index in [0.29, 0.717) is 28.0 Å². The summed E-state index contributed by atoms with van der Waals surface area (Å²) in [4.78, 5) is 13.5. The van der Waals surface area contributed by atoms with Crippen LogP contribution in [0.3, 0.4) is 0 Å². The number of carbonyl (C=O) groups excluding carboxylic acids is 1. The minimum absolute atomic E-state index is 0.0507. The number of aromatic nitrogens is 2. The number of rotatable bonds is 6. The van der Waals surface area contributed by atoms with Crippen LogP contribution in [0.15, 0.2) is 57.8 Å². The summed E-state index contributed by atoms with van der Waals surface area (Å²) in [6.45, 7) is 4.21. The lowest BCUT2D eigenvalue weighted by Crippen LogP contribution is -2.12. The van der Waals surface area contributed by atoms with Crippen LogP contribution >= 0.6 is 11.8 Å². The number of carbonyl (C=O) groups is 1. The molecular formula is C19H19N3O3S. The maximum atomic E-state index is 12.4. The van der Waals surface area contributed by atoms with E-state index in [1.807, 2.05) is 36.4 Å². The number of nitrogens with zero attached hydrogens (tertiary/aromatic N) is 2. The molecule has 7 heteroatoms. The summed E-state index contributed by atoms with van der Waals surface area (Å²) in [5.41, 5.74) is 1.25. The molecule has 1 heterocycles. The van der Waals surface area contributed by atoms with Gasteiger partial charge in [0, 0.05) is 21.3 Å². The first kappa shape index (κ1) is 18.0. The van der Waals surface area contributed by atoms with Crippen LogP contribution < -0.4 is 10.1 Å². The van der Waals surface area contributed by atoms with Crippen molar-refractivity contribution in [2.24, 2.45) is 0 Å². The smallest absolute Gasteiger partial charge is 0.322 e. The van der Waals surface area contributed by atoms with Gasteiger partial charge in [-0.3, -0.25) is 10.1 Å². The van der Waals surface area contributed by atoms with Crippen molar-refractivity contribution in [3.8, 4) is 17.2 Å². The minimum atomic E-state index is -0.294. The molecular weight excluding hydrogens is 350 g/mol. The Labute approximate surface area is 156 Å². The maximum Gasteiger partial charge on any atom is 0.322 e. The number of amides is 1. The molecule has 0 unspecified atom stereocenters. The van der Waals surface area contributed by atoms with Crippen LogP contribution in [0, 0.1) is 0 Å². The number of benzene rings is 2. The number of hydrogen-bond donors (Lipinski definition) is 1. The highest BCUT2D eigenvalue weighted by Crippen LogP contribution is 2.25. The van der Waals surface area contributed by atoms with Crippen LogP contribution in [-0.4, -0.2) is 28.5 Å². The van der Waals surface area contributed by atoms with Crippen molar-refractivity contribution in [3.63, 3.8) is 0 Å². The summed E-state index contributed by atoms with van der Waals surface area (Å²) in [5, 5.41) is 10.9. The monoisotopic (exact) mass is 369 g/mol. The van der Waals surface area contributed by atoms with Gasteiger partial charge in [0.1, 0.15) is 5.75 Å². The van der Waals surface area contributed by atoms with Gasteiger partial charge in [0.25, 0.3) is 5.91 Å². The average molecular weight is 369 g/mol. The van der Waals surface area contributed by atoms with Crippen LogP contribution in [0.2, 0.25) is 0 Å². The van der Waals surface area contributed by atoms with Crippen LogP contribution in [0.4, 0.5) is 6.01 Å². The van der Waals surface area contributed by atoms with Gasteiger partial charge < -0.3 is 9.15 Å². The summed E-state index contributed by atoms with van der Waals surface area (Å²) < 4.78 is 10.7. The topological polar surface area (TPSA) is 77.3 Å². The van der Waals surface area contributed by atoms with Crippen LogP contribution in [0.5, 0.6) is 5.75 Å². The summed E-state index contributed by atoms with van der Waals surface area (Å²) in [6.07, 6.45) is 0. The van der Waals surface area contributed by atoms with E-state index in [9.17, 15) is 4.79 Å². The Kier molecular flexibility index (Phi) is 5.58. The largest absolute Gasteiger partial charge is 0.497 e. The Balaban J connectivity index is 1.73. The van der Waals surface area contributed by atoms with E-state index >= 15 is 0 Å².